The molecule has 25 heavy (non-hydrogen) atoms. The largest absolute Gasteiger partial charge is 0.480 e. The third-order valence-electron chi connectivity index (χ3n) is 3.44. The molecule has 130 valence electrons. The second-order valence-corrected chi connectivity index (χ2v) is 5.86. The number of para-hydroxylation sites is 1. The van der Waals surface area contributed by atoms with Gasteiger partial charge in [-0.15, -0.1) is 0 Å². The van der Waals surface area contributed by atoms with Gasteiger partial charge < -0.3 is 15.7 Å². The van der Waals surface area contributed by atoms with E-state index in [9.17, 15) is 19.5 Å². The third-order valence-corrected chi connectivity index (χ3v) is 3.69. The van der Waals surface area contributed by atoms with Crippen molar-refractivity contribution >= 4 is 35.1 Å². The number of carboxylic acids is 1. The van der Waals surface area contributed by atoms with Gasteiger partial charge in [-0.05, 0) is 29.8 Å². The van der Waals surface area contributed by atoms with Crippen molar-refractivity contribution in [3.05, 3.63) is 64.7 Å². The van der Waals surface area contributed by atoms with Gasteiger partial charge in [0.05, 0.1) is 11.3 Å². The average Bonchev–Trinajstić information content (AvgIpc) is 2.56. The van der Waals surface area contributed by atoms with E-state index in [0.717, 1.165) is 5.56 Å². The Bertz CT molecular complexity index is 790. The molecule has 7 heteroatoms. The topological polar surface area (TPSA) is 95.5 Å². The molecule has 6 nitrogen and oxygen atoms in total. The maximum absolute atomic E-state index is 12.5. The lowest BCUT2D eigenvalue weighted by Gasteiger charge is -2.16. The second-order valence-electron chi connectivity index (χ2n) is 5.42. The molecule has 3 N–H and O–H groups in total. The predicted molar refractivity (Wildman–Crippen MR) is 94.8 cm³/mol. The van der Waals surface area contributed by atoms with Crippen LogP contribution in [0.2, 0.25) is 5.02 Å². The van der Waals surface area contributed by atoms with Crippen LogP contribution in [0.15, 0.2) is 48.5 Å². The first-order valence-electron chi connectivity index (χ1n) is 7.51. The molecule has 0 saturated heterocycles. The summed E-state index contributed by atoms with van der Waals surface area (Å²) in [6.45, 7) is 1.33. The van der Waals surface area contributed by atoms with Crippen LogP contribution in [0.4, 0.5) is 5.69 Å². The molecule has 0 aliphatic heterocycles. The maximum atomic E-state index is 12.5. The number of anilines is 1. The second kappa shape index (κ2) is 8.30. The van der Waals surface area contributed by atoms with Crippen LogP contribution in [0.25, 0.3) is 0 Å². The van der Waals surface area contributed by atoms with E-state index >= 15 is 0 Å². The quantitative estimate of drug-likeness (QED) is 0.738. The summed E-state index contributed by atoms with van der Waals surface area (Å²) in [5.41, 5.74) is 1.25. The van der Waals surface area contributed by atoms with Crippen molar-refractivity contribution in [1.82, 2.24) is 5.32 Å². The Morgan fingerprint density at radius 1 is 1.08 bits per heavy atom. The first-order chi connectivity index (χ1) is 11.9. The van der Waals surface area contributed by atoms with Gasteiger partial charge in [0.2, 0.25) is 5.91 Å². The normalized spacial score (nSPS) is 11.4. The lowest BCUT2D eigenvalue weighted by Crippen LogP contribution is -2.42. The van der Waals surface area contributed by atoms with E-state index in [1.54, 1.807) is 42.5 Å². The Balaban J connectivity index is 2.17. The molecule has 2 amide bonds. The Kier molecular flexibility index (Phi) is 6.14. The van der Waals surface area contributed by atoms with Gasteiger partial charge in [-0.1, -0.05) is 35.9 Å². The van der Waals surface area contributed by atoms with E-state index in [2.05, 4.69) is 10.6 Å². The van der Waals surface area contributed by atoms with Crippen molar-refractivity contribution in [2.75, 3.05) is 5.32 Å². The third kappa shape index (κ3) is 5.32. The highest BCUT2D eigenvalue weighted by Crippen LogP contribution is 2.16. The number of carbonyl (C=O) groups excluding carboxylic acids is 2. The minimum Gasteiger partial charge on any atom is -0.480 e. The van der Waals surface area contributed by atoms with Crippen molar-refractivity contribution in [3.63, 3.8) is 0 Å². The fourth-order valence-electron chi connectivity index (χ4n) is 2.27. The number of hydrogen-bond acceptors (Lipinski definition) is 3. The van der Waals surface area contributed by atoms with Crippen molar-refractivity contribution in [2.24, 2.45) is 0 Å². The van der Waals surface area contributed by atoms with Gasteiger partial charge in [0, 0.05) is 18.4 Å². The lowest BCUT2D eigenvalue weighted by atomic mass is 10.0. The van der Waals surface area contributed by atoms with Crippen molar-refractivity contribution in [1.29, 1.82) is 0 Å². The number of nitrogens with one attached hydrogen (secondary N) is 2. The molecule has 0 aliphatic carbocycles. The predicted octanol–water partition coefficient (Wildman–Crippen LogP) is 2.72. The Morgan fingerprint density at radius 3 is 2.32 bits per heavy atom. The van der Waals surface area contributed by atoms with Gasteiger partial charge in [-0.3, -0.25) is 9.59 Å². The van der Waals surface area contributed by atoms with Crippen LogP contribution in [0, 0.1) is 0 Å². The van der Waals surface area contributed by atoms with Gasteiger partial charge in [0.25, 0.3) is 5.91 Å². The van der Waals surface area contributed by atoms with Crippen LogP contribution in [0.1, 0.15) is 22.8 Å². The summed E-state index contributed by atoms with van der Waals surface area (Å²) >= 11 is 5.81. The molecular formula is C18H17ClN2O4. The molecule has 0 aromatic heterocycles. The van der Waals surface area contributed by atoms with Crippen molar-refractivity contribution < 1.29 is 19.5 Å². The Labute approximate surface area is 149 Å². The number of rotatable bonds is 6. The molecule has 1 atom stereocenters. The summed E-state index contributed by atoms with van der Waals surface area (Å²) in [7, 11) is 0. The monoisotopic (exact) mass is 360 g/mol. The summed E-state index contributed by atoms with van der Waals surface area (Å²) in [4.78, 5) is 35.2. The highest BCUT2D eigenvalue weighted by atomic mass is 35.5. The van der Waals surface area contributed by atoms with Gasteiger partial charge >= 0.3 is 5.97 Å². The smallest absolute Gasteiger partial charge is 0.326 e. The Hall–Kier alpha value is -2.86. The van der Waals surface area contributed by atoms with Crippen molar-refractivity contribution in [3.8, 4) is 0 Å². The van der Waals surface area contributed by atoms with E-state index in [1.807, 2.05) is 0 Å². The van der Waals surface area contributed by atoms with Crippen LogP contribution >= 0.6 is 11.6 Å². The summed E-state index contributed by atoms with van der Waals surface area (Å²) in [5, 5.41) is 15.0. The summed E-state index contributed by atoms with van der Waals surface area (Å²) in [6.07, 6.45) is 0.112. The molecule has 2 rings (SSSR count). The molecule has 0 saturated carbocycles. The fraction of sp³-hybridized carbons (Fsp3) is 0.167. The molecular weight excluding hydrogens is 344 g/mol. The first kappa shape index (κ1) is 18.5. The van der Waals surface area contributed by atoms with Gasteiger partial charge in [-0.25, -0.2) is 4.79 Å². The molecule has 0 spiro atoms. The van der Waals surface area contributed by atoms with E-state index in [1.165, 1.54) is 13.0 Å². The number of halogens is 1. The number of aliphatic carboxylic acids is 1. The summed E-state index contributed by atoms with van der Waals surface area (Å²) < 4.78 is 0. The fourth-order valence-corrected chi connectivity index (χ4v) is 2.40. The SMILES string of the molecule is CC(=O)Nc1ccccc1C(=O)N[C@@H](Cc1ccc(Cl)cc1)C(=O)O. The molecule has 0 unspecified atom stereocenters. The molecule has 0 radical (unpaired) electrons. The Morgan fingerprint density at radius 2 is 1.72 bits per heavy atom. The zero-order chi connectivity index (χ0) is 18.4. The summed E-state index contributed by atoms with van der Waals surface area (Å²) in [5.74, 6) is -2.05. The van der Waals surface area contributed by atoms with Crippen molar-refractivity contribution in [2.45, 2.75) is 19.4 Å². The van der Waals surface area contributed by atoms with Crippen LogP contribution in [-0.4, -0.2) is 28.9 Å². The van der Waals surface area contributed by atoms with Crippen LogP contribution in [-0.2, 0) is 16.0 Å². The highest BCUT2D eigenvalue weighted by molar-refractivity contribution is 6.30. The molecule has 0 bridgehead atoms. The molecule has 2 aromatic rings. The number of carboxylic acid groups (broad SMARTS) is 1. The first-order valence-corrected chi connectivity index (χ1v) is 7.89. The number of carbonyl (C=O) groups is 3. The standard InChI is InChI=1S/C18H17ClN2O4/c1-11(22)20-15-5-3-2-4-14(15)17(23)21-16(18(24)25)10-12-6-8-13(19)9-7-12/h2-9,16H,10H2,1H3,(H,20,22)(H,21,23)(H,24,25)/t16-/m0/s1. The van der Waals surface area contributed by atoms with E-state index in [-0.39, 0.29) is 17.9 Å². The zero-order valence-electron chi connectivity index (χ0n) is 13.5. The van der Waals surface area contributed by atoms with Gasteiger partial charge in [0.1, 0.15) is 6.04 Å². The number of hydrogen-bond donors (Lipinski definition) is 3. The highest BCUT2D eigenvalue weighted by Gasteiger charge is 2.22. The number of benzene rings is 2. The van der Waals surface area contributed by atoms with Crippen LogP contribution in [0.3, 0.4) is 0 Å². The molecule has 0 aliphatic rings. The van der Waals surface area contributed by atoms with E-state index in [4.69, 9.17) is 11.6 Å². The minimum atomic E-state index is -1.15. The maximum Gasteiger partial charge on any atom is 0.326 e. The molecule has 0 heterocycles. The van der Waals surface area contributed by atoms with Gasteiger partial charge in [-0.2, -0.15) is 0 Å². The van der Waals surface area contributed by atoms with E-state index < -0.39 is 17.9 Å². The zero-order valence-corrected chi connectivity index (χ0v) is 14.2. The average molecular weight is 361 g/mol. The number of amides is 2. The molecule has 0 fully saturated rings. The van der Waals surface area contributed by atoms with Gasteiger partial charge in [0.15, 0.2) is 0 Å². The minimum absolute atomic E-state index is 0.112. The van der Waals surface area contributed by atoms with Crippen LogP contribution < -0.4 is 10.6 Å². The molecule has 2 aromatic carbocycles. The van der Waals surface area contributed by atoms with E-state index in [0.29, 0.717) is 10.7 Å². The summed E-state index contributed by atoms with van der Waals surface area (Å²) in [6, 6.07) is 12.0. The lowest BCUT2D eigenvalue weighted by molar-refractivity contribution is -0.139. The van der Waals surface area contributed by atoms with Crippen LogP contribution in [0.5, 0.6) is 0 Å².